The van der Waals surface area contributed by atoms with E-state index in [0.29, 0.717) is 0 Å². The molecule has 1 heterocycles. The zero-order valence-electron chi connectivity index (χ0n) is 12.6. The molecule has 106 valence electrons. The van der Waals surface area contributed by atoms with Crippen molar-refractivity contribution in [3.8, 4) is 5.75 Å². The fourth-order valence-electron chi connectivity index (χ4n) is 2.57. The molecular formula is C17H22N2O. The van der Waals surface area contributed by atoms with Crippen molar-refractivity contribution < 1.29 is 4.74 Å². The summed E-state index contributed by atoms with van der Waals surface area (Å²) >= 11 is 0. The van der Waals surface area contributed by atoms with Crippen molar-refractivity contribution in [3.05, 3.63) is 58.9 Å². The van der Waals surface area contributed by atoms with E-state index in [-0.39, 0.29) is 6.04 Å². The van der Waals surface area contributed by atoms with Crippen molar-refractivity contribution in [2.24, 2.45) is 0 Å². The highest BCUT2D eigenvalue weighted by atomic mass is 16.5. The van der Waals surface area contributed by atoms with Gasteiger partial charge in [0, 0.05) is 18.0 Å². The zero-order valence-corrected chi connectivity index (χ0v) is 12.6. The van der Waals surface area contributed by atoms with Crippen LogP contribution in [0.25, 0.3) is 0 Å². The van der Waals surface area contributed by atoms with Crippen molar-refractivity contribution in [1.29, 1.82) is 0 Å². The molecule has 1 atom stereocenters. The maximum absolute atomic E-state index is 5.52. The standard InChI is InChI=1S/C17H22N2O/c1-5-13-11-19-9-8-14(13)17(18-3)15-10-12(2)6-7-16(15)20-4/h6-11,17-18H,5H2,1-4H3. The highest BCUT2D eigenvalue weighted by Crippen LogP contribution is 2.32. The molecule has 0 aliphatic heterocycles. The number of aromatic nitrogens is 1. The van der Waals surface area contributed by atoms with Gasteiger partial charge in [0.05, 0.1) is 13.2 Å². The molecule has 0 fully saturated rings. The maximum atomic E-state index is 5.52. The summed E-state index contributed by atoms with van der Waals surface area (Å²) < 4.78 is 5.52. The molecule has 3 heteroatoms. The SMILES string of the molecule is CCc1cnccc1C(NC)c1cc(C)ccc1OC. The predicted octanol–water partition coefficient (Wildman–Crippen LogP) is 3.27. The number of aryl methyl sites for hydroxylation is 2. The van der Waals surface area contributed by atoms with Crippen molar-refractivity contribution in [2.45, 2.75) is 26.3 Å². The van der Waals surface area contributed by atoms with E-state index in [0.717, 1.165) is 17.7 Å². The molecule has 3 nitrogen and oxygen atoms in total. The van der Waals surface area contributed by atoms with Crippen LogP contribution in [-0.4, -0.2) is 19.1 Å². The Labute approximate surface area is 121 Å². The summed E-state index contributed by atoms with van der Waals surface area (Å²) in [6.45, 7) is 4.25. The molecule has 0 saturated heterocycles. The number of benzene rings is 1. The number of nitrogens with one attached hydrogen (secondary N) is 1. The molecule has 2 aromatic rings. The maximum Gasteiger partial charge on any atom is 0.123 e. The molecule has 0 radical (unpaired) electrons. The Morgan fingerprint density at radius 1 is 1.25 bits per heavy atom. The predicted molar refractivity (Wildman–Crippen MR) is 82.2 cm³/mol. The Hall–Kier alpha value is -1.87. The van der Waals surface area contributed by atoms with Gasteiger partial charge in [-0.3, -0.25) is 4.98 Å². The molecular weight excluding hydrogens is 248 g/mol. The van der Waals surface area contributed by atoms with Crippen LogP contribution in [0.1, 0.15) is 35.2 Å². The van der Waals surface area contributed by atoms with E-state index in [4.69, 9.17) is 4.74 Å². The van der Waals surface area contributed by atoms with Crippen LogP contribution in [0, 0.1) is 6.92 Å². The summed E-state index contributed by atoms with van der Waals surface area (Å²) in [7, 11) is 3.69. The molecule has 0 spiro atoms. The summed E-state index contributed by atoms with van der Waals surface area (Å²) in [5, 5.41) is 3.40. The fraction of sp³-hybridized carbons (Fsp3) is 0.353. The fourth-order valence-corrected chi connectivity index (χ4v) is 2.57. The molecule has 1 aromatic carbocycles. The summed E-state index contributed by atoms with van der Waals surface area (Å²) in [4.78, 5) is 4.23. The van der Waals surface area contributed by atoms with Gasteiger partial charge in [0.2, 0.25) is 0 Å². The lowest BCUT2D eigenvalue weighted by Crippen LogP contribution is -2.20. The van der Waals surface area contributed by atoms with Gasteiger partial charge in [-0.05, 0) is 43.7 Å². The lowest BCUT2D eigenvalue weighted by atomic mass is 9.93. The highest BCUT2D eigenvalue weighted by Gasteiger charge is 2.19. The minimum absolute atomic E-state index is 0.114. The first-order valence-electron chi connectivity index (χ1n) is 6.95. The van der Waals surface area contributed by atoms with Crippen molar-refractivity contribution in [2.75, 3.05) is 14.2 Å². The smallest absolute Gasteiger partial charge is 0.123 e. The van der Waals surface area contributed by atoms with Crippen molar-refractivity contribution >= 4 is 0 Å². The first kappa shape index (κ1) is 14.5. The summed E-state index contributed by atoms with van der Waals surface area (Å²) in [5.41, 5.74) is 4.91. The number of hydrogen-bond donors (Lipinski definition) is 1. The molecule has 1 N–H and O–H groups in total. The van der Waals surface area contributed by atoms with Gasteiger partial charge in [-0.25, -0.2) is 0 Å². The van der Waals surface area contributed by atoms with E-state index in [9.17, 15) is 0 Å². The largest absolute Gasteiger partial charge is 0.496 e. The number of hydrogen-bond acceptors (Lipinski definition) is 3. The quantitative estimate of drug-likeness (QED) is 0.905. The Morgan fingerprint density at radius 2 is 2.05 bits per heavy atom. The van der Waals surface area contributed by atoms with Crippen LogP contribution in [0.5, 0.6) is 5.75 Å². The molecule has 0 bridgehead atoms. The monoisotopic (exact) mass is 270 g/mol. The first-order valence-corrected chi connectivity index (χ1v) is 6.95. The van der Waals surface area contributed by atoms with Gasteiger partial charge in [0.25, 0.3) is 0 Å². The minimum atomic E-state index is 0.114. The Kier molecular flexibility index (Phi) is 4.74. The molecule has 20 heavy (non-hydrogen) atoms. The van der Waals surface area contributed by atoms with Crippen molar-refractivity contribution in [3.63, 3.8) is 0 Å². The van der Waals surface area contributed by atoms with Crippen LogP contribution in [-0.2, 0) is 6.42 Å². The summed E-state index contributed by atoms with van der Waals surface area (Å²) in [6.07, 6.45) is 4.76. The average Bonchev–Trinajstić information content (AvgIpc) is 2.49. The van der Waals surface area contributed by atoms with E-state index in [2.05, 4.69) is 42.3 Å². The lowest BCUT2D eigenvalue weighted by Gasteiger charge is -2.22. The number of nitrogens with zero attached hydrogens (tertiary/aromatic N) is 1. The van der Waals surface area contributed by atoms with E-state index in [1.807, 2.05) is 25.5 Å². The number of pyridine rings is 1. The second-order valence-corrected chi connectivity index (χ2v) is 4.90. The number of methoxy groups -OCH3 is 1. The van der Waals surface area contributed by atoms with Gasteiger partial charge in [-0.15, -0.1) is 0 Å². The Bertz CT molecular complexity index is 581. The topological polar surface area (TPSA) is 34.2 Å². The number of rotatable bonds is 5. The van der Waals surface area contributed by atoms with E-state index in [1.165, 1.54) is 16.7 Å². The highest BCUT2D eigenvalue weighted by molar-refractivity contribution is 5.45. The third-order valence-corrected chi connectivity index (χ3v) is 3.62. The van der Waals surface area contributed by atoms with Gasteiger partial charge < -0.3 is 10.1 Å². The van der Waals surface area contributed by atoms with Crippen LogP contribution in [0.15, 0.2) is 36.7 Å². The second kappa shape index (κ2) is 6.53. The molecule has 1 unspecified atom stereocenters. The Balaban J connectivity index is 2.55. The molecule has 1 aromatic heterocycles. The van der Waals surface area contributed by atoms with Gasteiger partial charge in [0.1, 0.15) is 5.75 Å². The van der Waals surface area contributed by atoms with Crippen LogP contribution >= 0.6 is 0 Å². The zero-order chi connectivity index (χ0) is 14.5. The van der Waals surface area contributed by atoms with Crippen molar-refractivity contribution in [1.82, 2.24) is 10.3 Å². The first-order chi connectivity index (χ1) is 9.71. The third kappa shape index (κ3) is 2.83. The summed E-state index contributed by atoms with van der Waals surface area (Å²) in [5.74, 6) is 0.911. The number of ether oxygens (including phenoxy) is 1. The van der Waals surface area contributed by atoms with Crippen LogP contribution in [0.3, 0.4) is 0 Å². The average molecular weight is 270 g/mol. The molecule has 0 aliphatic carbocycles. The van der Waals surface area contributed by atoms with E-state index < -0.39 is 0 Å². The van der Waals surface area contributed by atoms with E-state index >= 15 is 0 Å². The lowest BCUT2D eigenvalue weighted by molar-refractivity contribution is 0.405. The van der Waals surface area contributed by atoms with Crippen LogP contribution in [0.2, 0.25) is 0 Å². The molecule has 0 saturated carbocycles. The van der Waals surface area contributed by atoms with E-state index in [1.54, 1.807) is 7.11 Å². The van der Waals surface area contributed by atoms with Crippen LogP contribution in [0.4, 0.5) is 0 Å². The normalized spacial score (nSPS) is 12.2. The third-order valence-electron chi connectivity index (χ3n) is 3.62. The van der Waals surface area contributed by atoms with Gasteiger partial charge in [-0.1, -0.05) is 24.6 Å². The molecule has 0 aliphatic rings. The van der Waals surface area contributed by atoms with Gasteiger partial charge in [-0.2, -0.15) is 0 Å². The molecule has 0 amide bonds. The summed E-state index contributed by atoms with van der Waals surface area (Å²) in [6, 6.07) is 8.48. The second-order valence-electron chi connectivity index (χ2n) is 4.90. The van der Waals surface area contributed by atoms with Gasteiger partial charge >= 0.3 is 0 Å². The molecule has 2 rings (SSSR count). The van der Waals surface area contributed by atoms with Gasteiger partial charge in [0.15, 0.2) is 0 Å². The van der Waals surface area contributed by atoms with Crippen LogP contribution < -0.4 is 10.1 Å². The minimum Gasteiger partial charge on any atom is -0.496 e. The Morgan fingerprint density at radius 3 is 2.70 bits per heavy atom.